The molecule has 1 amide bonds. The minimum absolute atomic E-state index is 0.0603. The number of anilines is 1. The number of nitrogens with zero attached hydrogens (tertiary/aromatic N) is 3. The van der Waals surface area contributed by atoms with Gasteiger partial charge in [-0.2, -0.15) is 0 Å². The highest BCUT2D eigenvalue weighted by Crippen LogP contribution is 2.27. The number of nitrogens with one attached hydrogen (secondary N) is 1. The smallest absolute Gasteiger partial charge is 0.255 e. The lowest BCUT2D eigenvalue weighted by molar-refractivity contribution is 0.0643. The summed E-state index contributed by atoms with van der Waals surface area (Å²) in [5.41, 5.74) is 1.79. The molecule has 7 heteroatoms. The third-order valence-corrected chi connectivity index (χ3v) is 5.28. The summed E-state index contributed by atoms with van der Waals surface area (Å²) in [6.07, 6.45) is 2.48. The van der Waals surface area contributed by atoms with Crippen molar-refractivity contribution in [3.63, 3.8) is 0 Å². The van der Waals surface area contributed by atoms with Gasteiger partial charge < -0.3 is 24.6 Å². The molecule has 1 fully saturated rings. The Hall–Kier alpha value is -2.80. The molecular formula is C22H30N4O3. The van der Waals surface area contributed by atoms with E-state index in [0.717, 1.165) is 68.6 Å². The van der Waals surface area contributed by atoms with Crippen LogP contribution in [0.4, 0.5) is 5.82 Å². The second-order valence-electron chi connectivity index (χ2n) is 7.02. The van der Waals surface area contributed by atoms with E-state index in [1.165, 1.54) is 0 Å². The minimum Gasteiger partial charge on any atom is -0.493 e. The van der Waals surface area contributed by atoms with E-state index >= 15 is 0 Å². The fourth-order valence-corrected chi connectivity index (χ4v) is 3.45. The first-order valence-corrected chi connectivity index (χ1v) is 10.1. The standard InChI is InChI=1S/C22H30N4O3/c1-4-25-11-13-26(14-12-25)22(27)18-6-8-21(24-16-18)23-10-9-17-5-7-19(28-2)20(15-17)29-3/h5-8,15-16H,4,9-14H2,1-3H3,(H,23,24). The molecule has 1 aliphatic heterocycles. The molecule has 0 spiro atoms. The maximum absolute atomic E-state index is 12.6. The van der Waals surface area contributed by atoms with Crippen LogP contribution in [-0.4, -0.2) is 74.2 Å². The van der Waals surface area contributed by atoms with Crippen molar-refractivity contribution in [1.82, 2.24) is 14.8 Å². The van der Waals surface area contributed by atoms with Gasteiger partial charge in [-0.3, -0.25) is 4.79 Å². The third-order valence-electron chi connectivity index (χ3n) is 5.28. The molecule has 0 radical (unpaired) electrons. The number of aromatic nitrogens is 1. The summed E-state index contributed by atoms with van der Waals surface area (Å²) in [5, 5.41) is 3.30. The van der Waals surface area contributed by atoms with Crippen molar-refractivity contribution in [1.29, 1.82) is 0 Å². The molecule has 29 heavy (non-hydrogen) atoms. The number of hydrogen-bond donors (Lipinski definition) is 1. The predicted molar refractivity (Wildman–Crippen MR) is 114 cm³/mol. The molecule has 0 aliphatic carbocycles. The number of hydrogen-bond acceptors (Lipinski definition) is 6. The average Bonchev–Trinajstić information content (AvgIpc) is 2.79. The molecule has 7 nitrogen and oxygen atoms in total. The zero-order valence-electron chi connectivity index (χ0n) is 17.5. The van der Waals surface area contributed by atoms with Gasteiger partial charge in [-0.1, -0.05) is 13.0 Å². The highest BCUT2D eigenvalue weighted by Gasteiger charge is 2.21. The molecule has 1 aromatic heterocycles. The Morgan fingerprint density at radius 3 is 2.45 bits per heavy atom. The van der Waals surface area contributed by atoms with Crippen molar-refractivity contribution in [2.75, 3.05) is 58.8 Å². The molecule has 0 saturated carbocycles. The van der Waals surface area contributed by atoms with Gasteiger partial charge in [0.15, 0.2) is 11.5 Å². The summed E-state index contributed by atoms with van der Waals surface area (Å²) in [6, 6.07) is 9.63. The van der Waals surface area contributed by atoms with Crippen LogP contribution in [0.1, 0.15) is 22.8 Å². The number of carbonyl (C=O) groups is 1. The summed E-state index contributed by atoms with van der Waals surface area (Å²) in [6.45, 7) is 7.34. The number of likely N-dealkylation sites (N-methyl/N-ethyl adjacent to an activating group) is 1. The number of rotatable bonds is 8. The Morgan fingerprint density at radius 1 is 1.07 bits per heavy atom. The van der Waals surface area contributed by atoms with Crippen LogP contribution >= 0.6 is 0 Å². The van der Waals surface area contributed by atoms with Gasteiger partial charge in [0.2, 0.25) is 0 Å². The van der Waals surface area contributed by atoms with Crippen LogP contribution in [0.2, 0.25) is 0 Å². The Kier molecular flexibility index (Phi) is 7.30. The largest absolute Gasteiger partial charge is 0.493 e. The fourth-order valence-electron chi connectivity index (χ4n) is 3.45. The summed E-state index contributed by atoms with van der Waals surface area (Å²) in [4.78, 5) is 21.3. The van der Waals surface area contributed by atoms with Gasteiger partial charge in [-0.15, -0.1) is 0 Å². The lowest BCUT2D eigenvalue weighted by atomic mass is 10.1. The normalized spacial score (nSPS) is 14.5. The maximum Gasteiger partial charge on any atom is 0.255 e. The van der Waals surface area contributed by atoms with Gasteiger partial charge in [-0.05, 0) is 42.8 Å². The molecule has 1 aliphatic rings. The van der Waals surface area contributed by atoms with Crippen LogP contribution in [0.3, 0.4) is 0 Å². The second-order valence-corrected chi connectivity index (χ2v) is 7.02. The molecule has 0 bridgehead atoms. The van der Waals surface area contributed by atoms with Crippen LogP contribution in [0, 0.1) is 0 Å². The van der Waals surface area contributed by atoms with Crippen molar-refractivity contribution in [2.24, 2.45) is 0 Å². The van der Waals surface area contributed by atoms with Crippen molar-refractivity contribution < 1.29 is 14.3 Å². The number of piperazine rings is 1. The zero-order chi connectivity index (χ0) is 20.6. The lowest BCUT2D eigenvalue weighted by Gasteiger charge is -2.34. The Balaban J connectivity index is 1.50. The number of amides is 1. The lowest BCUT2D eigenvalue weighted by Crippen LogP contribution is -2.48. The van der Waals surface area contributed by atoms with Gasteiger partial charge in [0.1, 0.15) is 5.82 Å². The number of benzene rings is 1. The molecule has 2 heterocycles. The predicted octanol–water partition coefficient (Wildman–Crippen LogP) is 2.53. The van der Waals surface area contributed by atoms with Crippen molar-refractivity contribution >= 4 is 11.7 Å². The molecule has 3 rings (SSSR count). The van der Waals surface area contributed by atoms with Crippen molar-refractivity contribution in [3.05, 3.63) is 47.7 Å². The minimum atomic E-state index is 0.0603. The summed E-state index contributed by atoms with van der Waals surface area (Å²) in [7, 11) is 3.26. The van der Waals surface area contributed by atoms with Gasteiger partial charge in [0.05, 0.1) is 19.8 Å². The van der Waals surface area contributed by atoms with Crippen molar-refractivity contribution in [3.8, 4) is 11.5 Å². The Labute approximate surface area is 172 Å². The van der Waals surface area contributed by atoms with E-state index in [4.69, 9.17) is 9.47 Å². The van der Waals surface area contributed by atoms with E-state index in [2.05, 4.69) is 22.1 Å². The van der Waals surface area contributed by atoms with Gasteiger partial charge in [0.25, 0.3) is 5.91 Å². The number of methoxy groups -OCH3 is 2. The van der Waals surface area contributed by atoms with E-state index in [1.807, 2.05) is 35.2 Å². The fraction of sp³-hybridized carbons (Fsp3) is 0.455. The van der Waals surface area contributed by atoms with E-state index in [0.29, 0.717) is 5.56 Å². The van der Waals surface area contributed by atoms with Crippen LogP contribution in [0.15, 0.2) is 36.5 Å². The number of carbonyl (C=O) groups excluding carboxylic acids is 1. The first-order valence-electron chi connectivity index (χ1n) is 10.1. The maximum atomic E-state index is 12.6. The quantitative estimate of drug-likeness (QED) is 0.737. The number of ether oxygens (including phenoxy) is 2. The highest BCUT2D eigenvalue weighted by atomic mass is 16.5. The van der Waals surface area contributed by atoms with Crippen molar-refractivity contribution in [2.45, 2.75) is 13.3 Å². The molecule has 1 N–H and O–H groups in total. The molecule has 1 saturated heterocycles. The van der Waals surface area contributed by atoms with Gasteiger partial charge in [0, 0.05) is 38.9 Å². The molecule has 1 aromatic carbocycles. The number of pyridine rings is 1. The van der Waals surface area contributed by atoms with E-state index < -0.39 is 0 Å². The summed E-state index contributed by atoms with van der Waals surface area (Å²) < 4.78 is 10.6. The molecule has 0 atom stereocenters. The van der Waals surface area contributed by atoms with Crippen LogP contribution in [0.5, 0.6) is 11.5 Å². The first-order chi connectivity index (χ1) is 14.1. The Bertz CT molecular complexity index is 802. The van der Waals surface area contributed by atoms with Gasteiger partial charge >= 0.3 is 0 Å². The third kappa shape index (κ3) is 5.38. The average molecular weight is 399 g/mol. The summed E-state index contributed by atoms with van der Waals surface area (Å²) in [5.74, 6) is 2.27. The SMILES string of the molecule is CCN1CCN(C(=O)c2ccc(NCCc3ccc(OC)c(OC)c3)nc2)CC1. The van der Waals surface area contributed by atoms with Crippen LogP contribution < -0.4 is 14.8 Å². The zero-order valence-corrected chi connectivity index (χ0v) is 17.5. The van der Waals surface area contributed by atoms with E-state index in [1.54, 1.807) is 20.4 Å². The van der Waals surface area contributed by atoms with E-state index in [9.17, 15) is 4.79 Å². The highest BCUT2D eigenvalue weighted by molar-refractivity contribution is 5.94. The Morgan fingerprint density at radius 2 is 1.83 bits per heavy atom. The molecule has 156 valence electrons. The van der Waals surface area contributed by atoms with Crippen LogP contribution in [-0.2, 0) is 6.42 Å². The first kappa shape index (κ1) is 20.9. The monoisotopic (exact) mass is 398 g/mol. The molecule has 0 unspecified atom stereocenters. The topological polar surface area (TPSA) is 66.9 Å². The molecule has 2 aromatic rings. The van der Waals surface area contributed by atoms with Crippen LogP contribution in [0.25, 0.3) is 0 Å². The molecular weight excluding hydrogens is 368 g/mol. The summed E-state index contributed by atoms with van der Waals surface area (Å²) >= 11 is 0. The van der Waals surface area contributed by atoms with Gasteiger partial charge in [-0.25, -0.2) is 4.98 Å². The van der Waals surface area contributed by atoms with E-state index in [-0.39, 0.29) is 5.91 Å². The second kappa shape index (κ2) is 10.1.